The lowest BCUT2D eigenvalue weighted by Gasteiger charge is -2.12. The highest BCUT2D eigenvalue weighted by Crippen LogP contribution is 1.85. The second-order valence-electron chi connectivity index (χ2n) is 2.37. The van der Waals surface area contributed by atoms with E-state index in [1.165, 1.54) is 0 Å². The number of amidine groups is 1. The Morgan fingerprint density at radius 3 is 2.67 bits per heavy atom. The van der Waals surface area contributed by atoms with Crippen LogP contribution in [0.2, 0.25) is 0 Å². The maximum Gasteiger partial charge on any atom is 0.324 e. The third-order valence-electron chi connectivity index (χ3n) is 1.12. The molecule has 5 nitrogen and oxygen atoms in total. The Morgan fingerprint density at radius 2 is 2.25 bits per heavy atom. The summed E-state index contributed by atoms with van der Waals surface area (Å²) >= 11 is 0. The molecule has 0 rings (SSSR count). The van der Waals surface area contributed by atoms with Crippen LogP contribution in [0.4, 0.5) is 0 Å². The maximum atomic E-state index is 11.0. The fourth-order valence-electron chi connectivity index (χ4n) is 0.543. The van der Waals surface area contributed by atoms with Gasteiger partial charge in [-0.1, -0.05) is 0 Å². The van der Waals surface area contributed by atoms with Gasteiger partial charge in [-0.05, 0) is 20.8 Å². The molecule has 0 radical (unpaired) electrons. The van der Waals surface area contributed by atoms with Gasteiger partial charge >= 0.3 is 5.97 Å². The van der Waals surface area contributed by atoms with Crippen LogP contribution in [-0.2, 0) is 9.53 Å². The topological polar surface area (TPSA) is 74.2 Å². The summed E-state index contributed by atoms with van der Waals surface area (Å²) in [5.41, 5.74) is 5.13. The molecule has 0 fully saturated rings. The van der Waals surface area contributed by atoms with Crippen molar-refractivity contribution in [3.8, 4) is 0 Å². The molecule has 1 unspecified atom stereocenters. The Kier molecular flexibility index (Phi) is 5.03. The van der Waals surface area contributed by atoms with Crippen molar-refractivity contribution < 1.29 is 9.53 Å². The Hall–Kier alpha value is -1.10. The van der Waals surface area contributed by atoms with E-state index < -0.39 is 6.04 Å². The van der Waals surface area contributed by atoms with E-state index in [-0.39, 0.29) is 11.8 Å². The number of nitrogens with one attached hydrogen (secondary N) is 3. The summed E-state index contributed by atoms with van der Waals surface area (Å²) in [6.07, 6.45) is 0. The lowest BCUT2D eigenvalue weighted by atomic mass is 10.4. The van der Waals surface area contributed by atoms with Crippen molar-refractivity contribution in [2.45, 2.75) is 26.8 Å². The van der Waals surface area contributed by atoms with Crippen molar-refractivity contribution >= 4 is 11.8 Å². The van der Waals surface area contributed by atoms with Crippen LogP contribution in [0, 0.1) is 5.41 Å². The number of hydrazine groups is 1. The number of carbonyl (C=O) groups is 1. The van der Waals surface area contributed by atoms with Gasteiger partial charge in [0.2, 0.25) is 0 Å². The summed E-state index contributed by atoms with van der Waals surface area (Å²) in [6, 6.07) is -0.440. The molecule has 0 aliphatic heterocycles. The van der Waals surface area contributed by atoms with Gasteiger partial charge in [0.05, 0.1) is 6.61 Å². The molecule has 70 valence electrons. The third kappa shape index (κ3) is 4.68. The molecular weight excluding hydrogens is 158 g/mol. The normalized spacial score (nSPS) is 11.9. The van der Waals surface area contributed by atoms with Gasteiger partial charge in [0.15, 0.2) is 0 Å². The number of ether oxygens (including phenoxy) is 1. The Bertz CT molecular complexity index is 170. The minimum Gasteiger partial charge on any atom is -0.465 e. The minimum absolute atomic E-state index is 0.256. The molecule has 0 aliphatic carbocycles. The van der Waals surface area contributed by atoms with Crippen molar-refractivity contribution in [1.82, 2.24) is 10.9 Å². The SMILES string of the molecule is CCOC(=O)C(C)NNC(C)=N. The molecule has 3 N–H and O–H groups in total. The summed E-state index contributed by atoms with van der Waals surface area (Å²) < 4.78 is 4.72. The molecule has 0 aromatic rings. The van der Waals surface area contributed by atoms with Crippen LogP contribution in [0.25, 0.3) is 0 Å². The van der Waals surface area contributed by atoms with Gasteiger partial charge in [0.25, 0.3) is 0 Å². The van der Waals surface area contributed by atoms with Gasteiger partial charge in [0.1, 0.15) is 11.9 Å². The van der Waals surface area contributed by atoms with Gasteiger partial charge in [-0.3, -0.25) is 10.2 Å². The number of rotatable bonds is 4. The molecule has 0 spiro atoms. The molecule has 0 amide bonds. The fourth-order valence-corrected chi connectivity index (χ4v) is 0.543. The van der Waals surface area contributed by atoms with Crippen LogP contribution in [0.15, 0.2) is 0 Å². The van der Waals surface area contributed by atoms with Crippen LogP contribution in [0.3, 0.4) is 0 Å². The average Bonchev–Trinajstić information content (AvgIpc) is 2.00. The maximum absolute atomic E-state index is 11.0. The van der Waals surface area contributed by atoms with E-state index >= 15 is 0 Å². The largest absolute Gasteiger partial charge is 0.465 e. The molecule has 0 saturated carbocycles. The second-order valence-corrected chi connectivity index (χ2v) is 2.37. The Labute approximate surface area is 72.0 Å². The standard InChI is InChI=1S/C7H15N3O2/c1-4-12-7(11)5(2)9-10-6(3)8/h5,9H,4H2,1-3H3,(H2,8,10). The quantitative estimate of drug-likeness (QED) is 0.243. The first kappa shape index (κ1) is 10.9. The summed E-state index contributed by atoms with van der Waals surface area (Å²) in [5, 5.41) is 7.00. The van der Waals surface area contributed by atoms with Crippen LogP contribution >= 0.6 is 0 Å². The van der Waals surface area contributed by atoms with Gasteiger partial charge in [-0.15, -0.1) is 0 Å². The molecule has 0 saturated heterocycles. The zero-order valence-electron chi connectivity index (χ0n) is 7.60. The predicted octanol–water partition coefficient (Wildman–Crippen LogP) is 0.0294. The second kappa shape index (κ2) is 5.54. The van der Waals surface area contributed by atoms with E-state index in [1.54, 1.807) is 20.8 Å². The zero-order valence-corrected chi connectivity index (χ0v) is 7.60. The molecule has 0 heterocycles. The molecule has 1 atom stereocenters. The van der Waals surface area contributed by atoms with Gasteiger partial charge in [-0.25, -0.2) is 5.43 Å². The number of esters is 1. The summed E-state index contributed by atoms with van der Waals surface area (Å²) in [7, 11) is 0. The third-order valence-corrected chi connectivity index (χ3v) is 1.12. The van der Waals surface area contributed by atoms with Crippen molar-refractivity contribution in [2.75, 3.05) is 6.61 Å². The van der Waals surface area contributed by atoms with Crippen molar-refractivity contribution in [1.29, 1.82) is 5.41 Å². The minimum atomic E-state index is -0.440. The van der Waals surface area contributed by atoms with Crippen LogP contribution < -0.4 is 10.9 Å². The van der Waals surface area contributed by atoms with Gasteiger partial charge in [-0.2, -0.15) is 0 Å². The highest BCUT2D eigenvalue weighted by atomic mass is 16.5. The first-order chi connectivity index (χ1) is 5.57. The Balaban J connectivity index is 3.63. The summed E-state index contributed by atoms with van der Waals surface area (Å²) in [5.74, 6) is -0.0719. The van der Waals surface area contributed by atoms with E-state index in [2.05, 4.69) is 10.9 Å². The fraction of sp³-hybridized carbons (Fsp3) is 0.714. The van der Waals surface area contributed by atoms with Gasteiger partial charge in [0, 0.05) is 0 Å². The molecule has 5 heteroatoms. The molecular formula is C7H15N3O2. The number of hydrogen-bond acceptors (Lipinski definition) is 4. The van der Waals surface area contributed by atoms with Crippen LogP contribution in [0.5, 0.6) is 0 Å². The van der Waals surface area contributed by atoms with Crippen molar-refractivity contribution in [2.24, 2.45) is 0 Å². The summed E-state index contributed by atoms with van der Waals surface area (Å²) in [6.45, 7) is 5.35. The van der Waals surface area contributed by atoms with Crippen LogP contribution in [-0.4, -0.2) is 24.5 Å². The van der Waals surface area contributed by atoms with E-state index in [0.29, 0.717) is 6.61 Å². The lowest BCUT2D eigenvalue weighted by Crippen LogP contribution is -2.46. The monoisotopic (exact) mass is 173 g/mol. The first-order valence-corrected chi connectivity index (χ1v) is 3.81. The molecule has 0 bridgehead atoms. The van der Waals surface area contributed by atoms with E-state index in [9.17, 15) is 4.79 Å². The number of hydrogen-bond donors (Lipinski definition) is 3. The van der Waals surface area contributed by atoms with E-state index in [0.717, 1.165) is 0 Å². The van der Waals surface area contributed by atoms with Crippen molar-refractivity contribution in [3.63, 3.8) is 0 Å². The molecule has 12 heavy (non-hydrogen) atoms. The average molecular weight is 173 g/mol. The van der Waals surface area contributed by atoms with E-state index in [1.807, 2.05) is 0 Å². The molecule has 0 aliphatic rings. The van der Waals surface area contributed by atoms with Crippen LogP contribution in [0.1, 0.15) is 20.8 Å². The highest BCUT2D eigenvalue weighted by Gasteiger charge is 2.12. The predicted molar refractivity (Wildman–Crippen MR) is 45.8 cm³/mol. The highest BCUT2D eigenvalue weighted by molar-refractivity contribution is 5.78. The Morgan fingerprint density at radius 1 is 1.67 bits per heavy atom. The molecule has 0 aromatic heterocycles. The van der Waals surface area contributed by atoms with Gasteiger partial charge < -0.3 is 10.2 Å². The van der Waals surface area contributed by atoms with Crippen molar-refractivity contribution in [3.05, 3.63) is 0 Å². The lowest BCUT2D eigenvalue weighted by molar-refractivity contribution is -0.145. The summed E-state index contributed by atoms with van der Waals surface area (Å²) in [4.78, 5) is 11.0. The molecule has 0 aromatic carbocycles. The number of carbonyl (C=O) groups excluding carboxylic acids is 1. The zero-order chi connectivity index (χ0) is 9.56. The van der Waals surface area contributed by atoms with E-state index in [4.69, 9.17) is 10.1 Å². The first-order valence-electron chi connectivity index (χ1n) is 3.81. The smallest absolute Gasteiger partial charge is 0.324 e.